The molecule has 0 aliphatic rings. The normalized spacial score (nSPS) is 10.4. The van der Waals surface area contributed by atoms with Gasteiger partial charge in [-0.1, -0.05) is 12.0 Å². The van der Waals surface area contributed by atoms with Gasteiger partial charge in [-0.15, -0.1) is 6.42 Å². The van der Waals surface area contributed by atoms with Crippen molar-refractivity contribution in [2.75, 3.05) is 18.5 Å². The van der Waals surface area contributed by atoms with Gasteiger partial charge in [0.05, 0.1) is 18.7 Å². The van der Waals surface area contributed by atoms with E-state index in [2.05, 4.69) is 21.2 Å². The molecule has 6 heteroatoms. The van der Waals surface area contributed by atoms with Crippen molar-refractivity contribution in [1.82, 2.24) is 9.97 Å². The first-order valence-corrected chi connectivity index (χ1v) is 8.81. The van der Waals surface area contributed by atoms with Crippen LogP contribution >= 0.6 is 0 Å². The number of benzene rings is 2. The van der Waals surface area contributed by atoms with Crippen LogP contribution < -0.4 is 20.5 Å². The highest BCUT2D eigenvalue weighted by molar-refractivity contribution is 5.93. The summed E-state index contributed by atoms with van der Waals surface area (Å²) < 4.78 is 11.4. The van der Waals surface area contributed by atoms with Crippen LogP contribution in [-0.2, 0) is 6.54 Å². The number of nitrogens with zero attached hydrogens (tertiary/aromatic N) is 2. The van der Waals surface area contributed by atoms with E-state index < -0.39 is 0 Å². The second kappa shape index (κ2) is 8.39. The van der Waals surface area contributed by atoms with Crippen LogP contribution in [0.3, 0.4) is 0 Å². The third-order valence-corrected chi connectivity index (χ3v) is 4.09. The number of nitrogens with one attached hydrogen (secondary N) is 1. The molecule has 3 rings (SSSR count). The minimum atomic E-state index is 0.324. The maximum absolute atomic E-state index is 5.91. The zero-order chi connectivity index (χ0) is 19.2. The first-order valence-electron chi connectivity index (χ1n) is 8.81. The maximum atomic E-state index is 5.91. The Labute approximate surface area is 158 Å². The molecule has 3 N–H and O–H groups in total. The summed E-state index contributed by atoms with van der Waals surface area (Å²) in [6.07, 6.45) is 7.10. The molecule has 27 heavy (non-hydrogen) atoms. The minimum absolute atomic E-state index is 0.324. The van der Waals surface area contributed by atoms with E-state index in [1.807, 2.05) is 44.2 Å². The van der Waals surface area contributed by atoms with Gasteiger partial charge >= 0.3 is 0 Å². The average Bonchev–Trinajstić information content (AvgIpc) is 2.69. The monoisotopic (exact) mass is 362 g/mol. The van der Waals surface area contributed by atoms with Crippen molar-refractivity contribution in [1.29, 1.82) is 0 Å². The summed E-state index contributed by atoms with van der Waals surface area (Å²) in [7, 11) is 0. The Kier molecular flexibility index (Phi) is 5.74. The first-order chi connectivity index (χ1) is 13.2. The predicted octanol–water partition coefficient (Wildman–Crippen LogP) is 3.61. The van der Waals surface area contributed by atoms with Gasteiger partial charge in [-0.2, -0.15) is 0 Å². The zero-order valence-corrected chi connectivity index (χ0v) is 15.5. The minimum Gasteiger partial charge on any atom is -0.490 e. The maximum Gasteiger partial charge on any atom is 0.163 e. The molecule has 0 unspecified atom stereocenters. The molecule has 3 aromatic rings. The van der Waals surface area contributed by atoms with Gasteiger partial charge in [-0.05, 0) is 32.0 Å². The smallest absolute Gasteiger partial charge is 0.163 e. The Morgan fingerprint density at radius 1 is 1.11 bits per heavy atom. The van der Waals surface area contributed by atoms with Gasteiger partial charge in [-0.25, -0.2) is 9.97 Å². The lowest BCUT2D eigenvalue weighted by Crippen LogP contribution is -2.06. The fourth-order valence-electron chi connectivity index (χ4n) is 2.89. The van der Waals surface area contributed by atoms with Gasteiger partial charge in [0.25, 0.3) is 0 Å². The number of anilines is 2. The van der Waals surface area contributed by atoms with Crippen molar-refractivity contribution in [2.24, 2.45) is 5.73 Å². The molecule has 6 nitrogen and oxygen atoms in total. The summed E-state index contributed by atoms with van der Waals surface area (Å²) in [5, 5.41) is 4.16. The number of fused-ring (bicyclic) bond motifs is 1. The molecule has 1 heterocycles. The zero-order valence-electron chi connectivity index (χ0n) is 15.5. The molecule has 1 aromatic heterocycles. The molecule has 2 aromatic carbocycles. The quantitative estimate of drug-likeness (QED) is 0.625. The summed E-state index contributed by atoms with van der Waals surface area (Å²) in [5.41, 5.74) is 9.10. The summed E-state index contributed by atoms with van der Waals surface area (Å²) >= 11 is 0. The van der Waals surface area contributed by atoms with Crippen molar-refractivity contribution >= 4 is 22.4 Å². The van der Waals surface area contributed by atoms with Gasteiger partial charge in [0, 0.05) is 34.8 Å². The van der Waals surface area contributed by atoms with E-state index in [1.54, 1.807) is 0 Å². The van der Waals surface area contributed by atoms with Crippen LogP contribution in [0.1, 0.15) is 25.0 Å². The molecule has 0 amide bonds. The van der Waals surface area contributed by atoms with E-state index in [0.29, 0.717) is 37.1 Å². The number of nitrogens with two attached hydrogens (primary N) is 1. The van der Waals surface area contributed by atoms with E-state index in [-0.39, 0.29) is 0 Å². The molecular formula is C21H22N4O2. The molecule has 138 valence electrons. The van der Waals surface area contributed by atoms with Gasteiger partial charge in [0.15, 0.2) is 11.5 Å². The van der Waals surface area contributed by atoms with E-state index >= 15 is 0 Å². The van der Waals surface area contributed by atoms with Crippen molar-refractivity contribution in [3.63, 3.8) is 0 Å². The Morgan fingerprint density at radius 2 is 1.85 bits per heavy atom. The van der Waals surface area contributed by atoms with E-state index in [0.717, 1.165) is 27.7 Å². The molecule has 0 spiro atoms. The number of ether oxygens (including phenoxy) is 2. The summed E-state index contributed by atoms with van der Waals surface area (Å²) in [5.74, 6) is 4.63. The number of hydrogen-bond donors (Lipinski definition) is 2. The average molecular weight is 362 g/mol. The van der Waals surface area contributed by atoms with Crippen LogP contribution in [0.5, 0.6) is 11.5 Å². The highest BCUT2D eigenvalue weighted by Gasteiger charge is 2.13. The molecule has 0 aliphatic heterocycles. The molecular weight excluding hydrogens is 340 g/mol. The first kappa shape index (κ1) is 18.5. The number of aromatic nitrogens is 2. The second-order valence-corrected chi connectivity index (χ2v) is 5.71. The lowest BCUT2D eigenvalue weighted by atomic mass is 10.1. The summed E-state index contributed by atoms with van der Waals surface area (Å²) in [6, 6.07) is 9.43. The van der Waals surface area contributed by atoms with Crippen molar-refractivity contribution in [3.8, 4) is 23.8 Å². The summed E-state index contributed by atoms with van der Waals surface area (Å²) in [6.45, 7) is 5.26. The Balaban J connectivity index is 2.10. The molecule has 0 aliphatic carbocycles. The summed E-state index contributed by atoms with van der Waals surface area (Å²) in [4.78, 5) is 8.76. The molecule has 0 saturated heterocycles. The van der Waals surface area contributed by atoms with Crippen LogP contribution in [-0.4, -0.2) is 23.2 Å². The fraction of sp³-hybridized carbons (Fsp3) is 0.238. The van der Waals surface area contributed by atoms with Gasteiger partial charge in [0.2, 0.25) is 0 Å². The molecule has 0 fully saturated rings. The Bertz CT molecular complexity index is 995. The lowest BCUT2D eigenvalue weighted by Gasteiger charge is -2.15. The lowest BCUT2D eigenvalue weighted by molar-refractivity contribution is 0.288. The van der Waals surface area contributed by atoms with E-state index in [9.17, 15) is 0 Å². The van der Waals surface area contributed by atoms with Crippen molar-refractivity contribution in [2.45, 2.75) is 20.4 Å². The molecule has 0 radical (unpaired) electrons. The Morgan fingerprint density at radius 3 is 2.52 bits per heavy atom. The van der Waals surface area contributed by atoms with Crippen LogP contribution in [0.25, 0.3) is 10.9 Å². The molecule has 0 atom stereocenters. The van der Waals surface area contributed by atoms with Gasteiger partial charge < -0.3 is 20.5 Å². The number of terminal acetylenes is 1. The SMILES string of the molecule is C#Cc1cccc(Nc2ncnc3cc(OCC)c(OCC)cc23)c1CN. The second-order valence-electron chi connectivity index (χ2n) is 5.71. The van der Waals surface area contributed by atoms with Crippen LogP contribution in [0.4, 0.5) is 11.5 Å². The van der Waals surface area contributed by atoms with Gasteiger partial charge in [0.1, 0.15) is 12.1 Å². The molecule has 0 bridgehead atoms. The van der Waals surface area contributed by atoms with Crippen LogP contribution in [0, 0.1) is 12.3 Å². The molecule has 0 saturated carbocycles. The third-order valence-electron chi connectivity index (χ3n) is 4.09. The number of hydrogen-bond acceptors (Lipinski definition) is 6. The van der Waals surface area contributed by atoms with E-state index in [4.69, 9.17) is 21.6 Å². The van der Waals surface area contributed by atoms with Crippen molar-refractivity contribution in [3.05, 3.63) is 47.8 Å². The third kappa shape index (κ3) is 3.78. The van der Waals surface area contributed by atoms with Crippen LogP contribution in [0.15, 0.2) is 36.7 Å². The highest BCUT2D eigenvalue weighted by atomic mass is 16.5. The standard InChI is InChI=1S/C21H22N4O2/c1-4-14-8-7-9-17(16(14)12-22)25-21-15-10-19(26-5-2)20(27-6-3)11-18(15)23-13-24-21/h1,7-11,13H,5-6,12,22H2,2-3H3,(H,23,24,25). The fourth-order valence-corrected chi connectivity index (χ4v) is 2.89. The largest absolute Gasteiger partial charge is 0.490 e. The van der Waals surface area contributed by atoms with E-state index in [1.165, 1.54) is 6.33 Å². The predicted molar refractivity (Wildman–Crippen MR) is 107 cm³/mol. The topological polar surface area (TPSA) is 82.3 Å². The van der Waals surface area contributed by atoms with Crippen LogP contribution in [0.2, 0.25) is 0 Å². The number of rotatable bonds is 7. The van der Waals surface area contributed by atoms with Gasteiger partial charge in [-0.3, -0.25) is 0 Å². The highest BCUT2D eigenvalue weighted by Crippen LogP contribution is 2.35. The van der Waals surface area contributed by atoms with Crippen molar-refractivity contribution < 1.29 is 9.47 Å². The Hall–Kier alpha value is -3.30.